The third-order valence-electron chi connectivity index (χ3n) is 2.96. The molecule has 1 saturated heterocycles. The minimum atomic E-state index is -0.739. The molecule has 1 aromatic carbocycles. The summed E-state index contributed by atoms with van der Waals surface area (Å²) >= 11 is 2.28. The molecule has 4 heteroatoms. The molecule has 2 rings (SSSR count). The van der Waals surface area contributed by atoms with E-state index in [2.05, 4.69) is 46.9 Å². The first-order chi connectivity index (χ1) is 7.66. The van der Waals surface area contributed by atoms with Gasteiger partial charge in [-0.1, -0.05) is 12.1 Å². The molecule has 0 radical (unpaired) electrons. The van der Waals surface area contributed by atoms with Crippen molar-refractivity contribution in [2.24, 2.45) is 0 Å². The first kappa shape index (κ1) is 11.9. The zero-order valence-corrected chi connectivity index (χ0v) is 11.1. The van der Waals surface area contributed by atoms with Crippen molar-refractivity contribution >= 4 is 28.6 Å². The van der Waals surface area contributed by atoms with Gasteiger partial charge >= 0.3 is 5.97 Å². The van der Waals surface area contributed by atoms with Crippen molar-refractivity contribution in [1.29, 1.82) is 0 Å². The van der Waals surface area contributed by atoms with Crippen LogP contribution in [-0.2, 0) is 4.79 Å². The lowest BCUT2D eigenvalue weighted by Crippen LogP contribution is -2.29. The molecule has 1 fully saturated rings. The average molecular weight is 331 g/mol. The molecule has 3 nitrogen and oxygen atoms in total. The van der Waals surface area contributed by atoms with Gasteiger partial charge in [-0.3, -0.25) is 9.69 Å². The van der Waals surface area contributed by atoms with Crippen LogP contribution in [0.3, 0.4) is 0 Å². The maximum absolute atomic E-state index is 10.7. The van der Waals surface area contributed by atoms with Crippen LogP contribution in [0.25, 0.3) is 0 Å². The maximum atomic E-state index is 10.7. The highest BCUT2D eigenvalue weighted by Gasteiger charge is 2.27. The Balaban J connectivity index is 2.13. The number of aliphatic carboxylic acids is 1. The van der Waals surface area contributed by atoms with Crippen LogP contribution in [0.2, 0.25) is 0 Å². The fourth-order valence-electron chi connectivity index (χ4n) is 2.25. The van der Waals surface area contributed by atoms with E-state index < -0.39 is 5.97 Å². The summed E-state index contributed by atoms with van der Waals surface area (Å²) in [5, 5.41) is 8.84. The van der Waals surface area contributed by atoms with E-state index in [1.165, 1.54) is 9.13 Å². The second-order valence-electron chi connectivity index (χ2n) is 4.07. The van der Waals surface area contributed by atoms with Crippen molar-refractivity contribution in [3.05, 3.63) is 33.4 Å². The number of likely N-dealkylation sites (tertiary alicyclic amines) is 1. The normalized spacial score (nSPS) is 21.2. The van der Waals surface area contributed by atoms with Gasteiger partial charge in [-0.15, -0.1) is 0 Å². The number of benzene rings is 1. The van der Waals surface area contributed by atoms with Crippen molar-refractivity contribution in [3.63, 3.8) is 0 Å². The van der Waals surface area contributed by atoms with Crippen molar-refractivity contribution in [1.82, 2.24) is 4.90 Å². The van der Waals surface area contributed by atoms with Gasteiger partial charge in [-0.2, -0.15) is 0 Å². The molecule has 1 atom stereocenters. The fourth-order valence-corrected chi connectivity index (χ4v) is 2.61. The van der Waals surface area contributed by atoms with Crippen molar-refractivity contribution < 1.29 is 9.90 Å². The molecule has 1 N–H and O–H groups in total. The number of carboxylic acid groups (broad SMARTS) is 1. The van der Waals surface area contributed by atoms with E-state index in [4.69, 9.17) is 5.11 Å². The van der Waals surface area contributed by atoms with Crippen LogP contribution in [0.1, 0.15) is 24.4 Å². The monoisotopic (exact) mass is 331 g/mol. The van der Waals surface area contributed by atoms with Crippen LogP contribution in [0, 0.1) is 3.57 Å². The predicted octanol–water partition coefficient (Wildman–Crippen LogP) is 2.51. The van der Waals surface area contributed by atoms with Gasteiger partial charge in [0.15, 0.2) is 0 Å². The number of carbonyl (C=O) groups is 1. The number of hydrogen-bond donors (Lipinski definition) is 1. The zero-order valence-electron chi connectivity index (χ0n) is 8.90. The molecule has 1 aliphatic rings. The first-order valence-electron chi connectivity index (χ1n) is 5.38. The van der Waals surface area contributed by atoms with Gasteiger partial charge < -0.3 is 5.11 Å². The quantitative estimate of drug-likeness (QED) is 0.866. The summed E-state index contributed by atoms with van der Waals surface area (Å²) in [4.78, 5) is 12.8. The van der Waals surface area contributed by atoms with Crippen LogP contribution >= 0.6 is 22.6 Å². The third kappa shape index (κ3) is 2.74. The fraction of sp³-hybridized carbons (Fsp3) is 0.417. The highest BCUT2D eigenvalue weighted by atomic mass is 127. The molecule has 0 bridgehead atoms. The molecule has 0 spiro atoms. The second-order valence-corrected chi connectivity index (χ2v) is 5.32. The molecule has 86 valence electrons. The molecule has 0 aliphatic carbocycles. The zero-order chi connectivity index (χ0) is 11.5. The van der Waals surface area contributed by atoms with Gasteiger partial charge in [0, 0.05) is 9.61 Å². The van der Waals surface area contributed by atoms with E-state index in [1.54, 1.807) is 0 Å². The van der Waals surface area contributed by atoms with Crippen LogP contribution in [-0.4, -0.2) is 29.1 Å². The molecule has 0 aromatic heterocycles. The minimum absolute atomic E-state index is 0.149. The van der Waals surface area contributed by atoms with E-state index >= 15 is 0 Å². The summed E-state index contributed by atoms with van der Waals surface area (Å²) in [6.45, 7) is 1.04. The van der Waals surface area contributed by atoms with Crippen molar-refractivity contribution in [3.8, 4) is 0 Å². The highest BCUT2D eigenvalue weighted by molar-refractivity contribution is 14.1. The standard InChI is InChI=1S/C12H14INO2/c13-10-5-3-9(4-6-10)11-2-1-7-14(11)8-12(15)16/h3-6,11H,1-2,7-8H2,(H,15,16). The minimum Gasteiger partial charge on any atom is -0.480 e. The summed E-state index contributed by atoms with van der Waals surface area (Å²) in [7, 11) is 0. The van der Waals surface area contributed by atoms with E-state index in [9.17, 15) is 4.79 Å². The van der Waals surface area contributed by atoms with Crippen molar-refractivity contribution in [2.45, 2.75) is 18.9 Å². The van der Waals surface area contributed by atoms with Gasteiger partial charge in [0.2, 0.25) is 0 Å². The Hall–Kier alpha value is -0.620. The second kappa shape index (κ2) is 5.14. The van der Waals surface area contributed by atoms with Crippen LogP contribution in [0.5, 0.6) is 0 Å². The summed E-state index contributed by atoms with van der Waals surface area (Å²) in [6.07, 6.45) is 2.15. The van der Waals surface area contributed by atoms with Crippen molar-refractivity contribution in [2.75, 3.05) is 13.1 Å². The van der Waals surface area contributed by atoms with Gasteiger partial charge in [0.25, 0.3) is 0 Å². The molecular weight excluding hydrogens is 317 g/mol. The van der Waals surface area contributed by atoms with Crippen LogP contribution in [0.15, 0.2) is 24.3 Å². The van der Waals surface area contributed by atoms with E-state index in [0.29, 0.717) is 0 Å². The largest absolute Gasteiger partial charge is 0.480 e. The molecule has 16 heavy (non-hydrogen) atoms. The number of rotatable bonds is 3. The van der Waals surface area contributed by atoms with Gasteiger partial charge in [0.1, 0.15) is 0 Å². The Morgan fingerprint density at radius 3 is 2.75 bits per heavy atom. The molecule has 1 unspecified atom stereocenters. The topological polar surface area (TPSA) is 40.5 Å². The Kier molecular flexibility index (Phi) is 3.81. The third-order valence-corrected chi connectivity index (χ3v) is 3.68. The van der Waals surface area contributed by atoms with Crippen LogP contribution < -0.4 is 0 Å². The average Bonchev–Trinajstić information content (AvgIpc) is 2.66. The van der Waals surface area contributed by atoms with Crippen LogP contribution in [0.4, 0.5) is 0 Å². The van der Waals surface area contributed by atoms with E-state index in [-0.39, 0.29) is 12.6 Å². The molecule has 1 aliphatic heterocycles. The number of nitrogens with zero attached hydrogens (tertiary/aromatic N) is 1. The molecule has 1 heterocycles. The van der Waals surface area contributed by atoms with Gasteiger partial charge in [0.05, 0.1) is 6.54 Å². The first-order valence-corrected chi connectivity index (χ1v) is 6.46. The summed E-state index contributed by atoms with van der Waals surface area (Å²) in [5.74, 6) is -0.739. The Bertz CT molecular complexity index is 377. The molecule has 1 aromatic rings. The maximum Gasteiger partial charge on any atom is 0.317 e. The summed E-state index contributed by atoms with van der Waals surface area (Å²) < 4.78 is 1.21. The Labute approximate surface area is 109 Å². The Morgan fingerprint density at radius 1 is 1.44 bits per heavy atom. The molecule has 0 amide bonds. The summed E-state index contributed by atoms with van der Waals surface area (Å²) in [6, 6.07) is 8.65. The SMILES string of the molecule is O=C(O)CN1CCCC1c1ccc(I)cc1. The number of carboxylic acids is 1. The highest BCUT2D eigenvalue weighted by Crippen LogP contribution is 2.31. The molecular formula is C12H14INO2. The number of halogens is 1. The Morgan fingerprint density at radius 2 is 2.12 bits per heavy atom. The van der Waals surface area contributed by atoms with E-state index in [0.717, 1.165) is 19.4 Å². The summed E-state index contributed by atoms with van der Waals surface area (Å²) in [5.41, 5.74) is 1.24. The van der Waals surface area contributed by atoms with E-state index in [1.807, 2.05) is 4.90 Å². The number of hydrogen-bond acceptors (Lipinski definition) is 2. The molecule has 0 saturated carbocycles. The lowest BCUT2D eigenvalue weighted by Gasteiger charge is -2.22. The smallest absolute Gasteiger partial charge is 0.317 e. The lowest BCUT2D eigenvalue weighted by molar-refractivity contribution is -0.138. The van der Waals surface area contributed by atoms with Gasteiger partial charge in [-0.05, 0) is 59.7 Å². The lowest BCUT2D eigenvalue weighted by atomic mass is 10.0. The van der Waals surface area contributed by atoms with Gasteiger partial charge in [-0.25, -0.2) is 0 Å². The predicted molar refractivity (Wildman–Crippen MR) is 70.3 cm³/mol.